The predicted octanol–water partition coefficient (Wildman–Crippen LogP) is 16.2. The van der Waals surface area contributed by atoms with E-state index in [0.29, 0.717) is 5.75 Å². The van der Waals surface area contributed by atoms with E-state index in [1.165, 1.54) is 44.1 Å². The van der Waals surface area contributed by atoms with Gasteiger partial charge in [0.1, 0.15) is 0 Å². The molecule has 2 heterocycles. The predicted molar refractivity (Wildman–Crippen MR) is 265 cm³/mol. The first-order valence-electron chi connectivity index (χ1n) is 22.2. The third-order valence-electron chi connectivity index (χ3n) is 13.4. The number of fused-ring (bicyclic) bond motifs is 9. The van der Waals surface area contributed by atoms with Gasteiger partial charge in [0.25, 0.3) is 0 Å². The highest BCUT2D eigenvalue weighted by molar-refractivity contribution is 6.09. The molecule has 1 aromatic heterocycles. The van der Waals surface area contributed by atoms with E-state index in [2.05, 4.69) is 228 Å². The number of para-hydroxylation sites is 4. The Morgan fingerprint density at radius 3 is 1.54 bits per heavy atom. The Kier molecular flexibility index (Phi) is 8.40. The van der Waals surface area contributed by atoms with Gasteiger partial charge in [0, 0.05) is 39.1 Å². The number of benzene rings is 10. The van der Waals surface area contributed by atoms with Crippen molar-refractivity contribution >= 4 is 38.9 Å². The minimum atomic E-state index is -0.632. The van der Waals surface area contributed by atoms with E-state index in [1.807, 2.05) is 24.3 Å². The van der Waals surface area contributed by atoms with Crippen LogP contribution in [0, 0.1) is 0 Å². The van der Waals surface area contributed by atoms with Crippen molar-refractivity contribution < 1.29 is 9.47 Å². The maximum Gasteiger partial charge on any atom is 0.178 e. The Morgan fingerprint density at radius 2 is 0.862 bits per heavy atom. The van der Waals surface area contributed by atoms with Crippen molar-refractivity contribution in [2.24, 2.45) is 0 Å². The van der Waals surface area contributed by atoms with E-state index < -0.39 is 5.41 Å². The minimum Gasteiger partial charge on any atom is -0.449 e. The van der Waals surface area contributed by atoms with Crippen LogP contribution in [0.15, 0.2) is 243 Å². The molecule has 1 unspecified atom stereocenters. The molecule has 1 atom stereocenters. The summed E-state index contributed by atoms with van der Waals surface area (Å²) in [6.07, 6.45) is 0. The normalized spacial score (nSPS) is 14.5. The van der Waals surface area contributed by atoms with E-state index >= 15 is 0 Å². The van der Waals surface area contributed by atoms with Crippen molar-refractivity contribution in [2.45, 2.75) is 5.41 Å². The molecular weight excluding hydrogens is 793 g/mol. The number of anilines is 3. The summed E-state index contributed by atoms with van der Waals surface area (Å²) < 4.78 is 15.6. The lowest BCUT2D eigenvalue weighted by molar-refractivity contribution is 0.360. The van der Waals surface area contributed by atoms with Gasteiger partial charge in [-0.25, -0.2) is 0 Å². The summed E-state index contributed by atoms with van der Waals surface area (Å²) in [5, 5.41) is 2.50. The second-order valence-corrected chi connectivity index (χ2v) is 16.8. The average Bonchev–Trinajstić information content (AvgIpc) is 3.88. The van der Waals surface area contributed by atoms with Crippen LogP contribution in [0.5, 0.6) is 23.0 Å². The monoisotopic (exact) mass is 832 g/mol. The van der Waals surface area contributed by atoms with Crippen LogP contribution in [0.1, 0.15) is 22.3 Å². The Hall–Kier alpha value is -8.60. The number of aromatic nitrogens is 1. The number of rotatable bonds is 7. The SMILES string of the molecule is c1ccc(-c2ccc(N(c3ccc(-n4c5ccccc5c5ccccc54)cc3)c3ccc(C4(c5ccccc5)c5ccccc5-c5c4ccc4c5Oc5ccccc5O4)cc3)cc2)cc1. The van der Waals surface area contributed by atoms with Gasteiger partial charge in [-0.15, -0.1) is 0 Å². The quantitative estimate of drug-likeness (QED) is 0.160. The molecule has 4 nitrogen and oxygen atoms in total. The van der Waals surface area contributed by atoms with Crippen LogP contribution in [0.4, 0.5) is 17.1 Å². The zero-order valence-corrected chi connectivity index (χ0v) is 35.3. The van der Waals surface area contributed by atoms with Gasteiger partial charge in [-0.05, 0) is 118 Å². The molecule has 1 aliphatic carbocycles. The van der Waals surface area contributed by atoms with Crippen molar-refractivity contribution in [3.05, 3.63) is 265 Å². The highest BCUT2D eigenvalue weighted by atomic mass is 16.6. The number of hydrogen-bond acceptors (Lipinski definition) is 3. The molecule has 65 heavy (non-hydrogen) atoms. The van der Waals surface area contributed by atoms with Crippen LogP contribution in [0.25, 0.3) is 49.7 Å². The molecule has 0 radical (unpaired) electrons. The van der Waals surface area contributed by atoms with Crippen LogP contribution in [-0.4, -0.2) is 4.57 Å². The summed E-state index contributed by atoms with van der Waals surface area (Å²) in [5.41, 5.74) is 15.3. The molecular formula is C61H40N2O2. The molecule has 4 heteroatoms. The molecule has 0 saturated carbocycles. The third-order valence-corrected chi connectivity index (χ3v) is 13.4. The van der Waals surface area contributed by atoms with Crippen molar-refractivity contribution in [2.75, 3.05) is 4.90 Å². The highest BCUT2D eigenvalue weighted by Crippen LogP contribution is 2.62. The molecule has 10 aromatic carbocycles. The summed E-state index contributed by atoms with van der Waals surface area (Å²) in [6.45, 7) is 0. The summed E-state index contributed by atoms with van der Waals surface area (Å²) in [4.78, 5) is 2.36. The smallest absolute Gasteiger partial charge is 0.178 e. The Bertz CT molecular complexity index is 3530. The fraction of sp³-hybridized carbons (Fsp3) is 0.0164. The van der Waals surface area contributed by atoms with E-state index in [1.54, 1.807) is 0 Å². The minimum absolute atomic E-state index is 0.632. The van der Waals surface area contributed by atoms with Gasteiger partial charge in [-0.3, -0.25) is 0 Å². The number of ether oxygens (including phenoxy) is 2. The van der Waals surface area contributed by atoms with E-state index in [0.717, 1.165) is 62.3 Å². The number of hydrogen-bond donors (Lipinski definition) is 0. The lowest BCUT2D eigenvalue weighted by Crippen LogP contribution is -2.28. The fourth-order valence-corrected chi connectivity index (χ4v) is 10.5. The van der Waals surface area contributed by atoms with Gasteiger partial charge in [0.15, 0.2) is 23.0 Å². The van der Waals surface area contributed by atoms with Crippen molar-refractivity contribution in [1.29, 1.82) is 0 Å². The number of nitrogens with zero attached hydrogens (tertiary/aromatic N) is 2. The Balaban J connectivity index is 0.964. The van der Waals surface area contributed by atoms with Gasteiger partial charge in [-0.1, -0.05) is 164 Å². The van der Waals surface area contributed by atoms with Crippen molar-refractivity contribution in [3.63, 3.8) is 0 Å². The molecule has 0 spiro atoms. The van der Waals surface area contributed by atoms with E-state index in [-0.39, 0.29) is 0 Å². The lowest BCUT2D eigenvalue weighted by atomic mass is 9.67. The summed E-state index contributed by atoms with van der Waals surface area (Å²) in [6, 6.07) is 86.9. The molecule has 0 amide bonds. The summed E-state index contributed by atoms with van der Waals surface area (Å²) >= 11 is 0. The standard InChI is InChI=1S/C61H40N2O2/c1-3-15-41(16-4-1)42-27-31-45(32-28-42)62(47-35-37-48(38-36-47)63-54-23-11-8-19-49(54)50-20-9-12-24-55(50)63)46-33-29-44(30-34-46)61(43-17-5-2-6-18-43)52-22-10-7-21-51(52)59-53(61)39-40-58-60(59)65-57-26-14-13-25-56(57)64-58/h1-40H. The van der Waals surface area contributed by atoms with E-state index in [9.17, 15) is 0 Å². The van der Waals surface area contributed by atoms with Gasteiger partial charge in [0.05, 0.1) is 16.4 Å². The molecule has 0 bridgehead atoms. The maximum atomic E-state index is 6.77. The van der Waals surface area contributed by atoms with Crippen LogP contribution >= 0.6 is 0 Å². The van der Waals surface area contributed by atoms with Gasteiger partial charge in [0.2, 0.25) is 0 Å². The van der Waals surface area contributed by atoms with E-state index in [4.69, 9.17) is 9.47 Å². The highest BCUT2D eigenvalue weighted by Gasteiger charge is 2.48. The van der Waals surface area contributed by atoms with Crippen LogP contribution in [-0.2, 0) is 5.41 Å². The molecule has 2 aliphatic rings. The zero-order valence-electron chi connectivity index (χ0n) is 35.3. The first-order valence-corrected chi connectivity index (χ1v) is 22.2. The van der Waals surface area contributed by atoms with Crippen molar-refractivity contribution in [1.82, 2.24) is 4.57 Å². The summed E-state index contributed by atoms with van der Waals surface area (Å²) in [5.74, 6) is 2.90. The molecule has 306 valence electrons. The van der Waals surface area contributed by atoms with Gasteiger partial charge in [-0.2, -0.15) is 0 Å². The van der Waals surface area contributed by atoms with Crippen LogP contribution in [0.2, 0.25) is 0 Å². The molecule has 11 aromatic rings. The zero-order chi connectivity index (χ0) is 42.9. The van der Waals surface area contributed by atoms with Gasteiger partial charge < -0.3 is 18.9 Å². The molecule has 0 saturated heterocycles. The largest absolute Gasteiger partial charge is 0.449 e. The molecule has 13 rings (SSSR count). The lowest BCUT2D eigenvalue weighted by Gasteiger charge is -2.35. The Morgan fingerprint density at radius 1 is 0.354 bits per heavy atom. The maximum absolute atomic E-state index is 6.77. The molecule has 0 fully saturated rings. The Labute approximate surface area is 377 Å². The van der Waals surface area contributed by atoms with Gasteiger partial charge >= 0.3 is 0 Å². The first kappa shape index (κ1) is 37.0. The topological polar surface area (TPSA) is 26.6 Å². The second-order valence-electron chi connectivity index (χ2n) is 16.8. The first-order chi connectivity index (χ1) is 32.2. The third kappa shape index (κ3) is 5.71. The van der Waals surface area contributed by atoms with Crippen LogP contribution in [0.3, 0.4) is 0 Å². The summed E-state index contributed by atoms with van der Waals surface area (Å²) in [7, 11) is 0. The average molecular weight is 833 g/mol. The fourth-order valence-electron chi connectivity index (χ4n) is 10.5. The van der Waals surface area contributed by atoms with Crippen LogP contribution < -0.4 is 14.4 Å². The molecule has 1 aliphatic heterocycles. The molecule has 0 N–H and O–H groups in total. The van der Waals surface area contributed by atoms with Crippen molar-refractivity contribution in [3.8, 4) is 50.9 Å². The second kappa shape index (κ2) is 14.8.